The largest absolute Gasteiger partial charge is 0.491 e. The summed E-state index contributed by atoms with van der Waals surface area (Å²) in [7, 11) is 0. The van der Waals surface area contributed by atoms with Gasteiger partial charge in [0.2, 0.25) is 0 Å². The zero-order valence-electron chi connectivity index (χ0n) is 15.2. The lowest BCUT2D eigenvalue weighted by Crippen LogP contribution is -2.04. The Kier molecular flexibility index (Phi) is 4.60. The van der Waals surface area contributed by atoms with E-state index in [1.54, 1.807) is 6.20 Å². The van der Waals surface area contributed by atoms with Gasteiger partial charge in [0.25, 0.3) is 0 Å². The summed E-state index contributed by atoms with van der Waals surface area (Å²) >= 11 is 0. The highest BCUT2D eigenvalue weighted by Crippen LogP contribution is 2.23. The van der Waals surface area contributed by atoms with Crippen LogP contribution in [0.25, 0.3) is 22.6 Å². The molecule has 2 aliphatic heterocycles. The van der Waals surface area contributed by atoms with Gasteiger partial charge in [-0.2, -0.15) is 0 Å². The lowest BCUT2D eigenvalue weighted by atomic mass is 10.1. The van der Waals surface area contributed by atoms with E-state index in [2.05, 4.69) is 15.2 Å². The van der Waals surface area contributed by atoms with Crippen LogP contribution < -0.4 is 9.47 Å². The maximum atomic E-state index is 5.65. The van der Waals surface area contributed by atoms with Gasteiger partial charge in [-0.15, -0.1) is 10.2 Å². The summed E-state index contributed by atoms with van der Waals surface area (Å²) in [6, 6.07) is 15.4. The number of hydrogen-bond donors (Lipinski definition) is 0. The van der Waals surface area contributed by atoms with E-state index < -0.39 is 0 Å². The van der Waals surface area contributed by atoms with Gasteiger partial charge in [0.15, 0.2) is 5.82 Å². The van der Waals surface area contributed by atoms with Crippen molar-refractivity contribution in [2.24, 2.45) is 0 Å². The number of nitrogens with zero attached hydrogens (tertiary/aromatic N) is 3. The van der Waals surface area contributed by atoms with Crippen molar-refractivity contribution in [2.75, 3.05) is 26.4 Å². The summed E-state index contributed by atoms with van der Waals surface area (Å²) in [6.45, 7) is 2.75. The average molecular weight is 377 g/mol. The number of epoxide rings is 2. The highest BCUT2D eigenvalue weighted by molar-refractivity contribution is 5.61. The zero-order valence-corrected chi connectivity index (χ0v) is 15.2. The molecule has 1 aromatic heterocycles. The minimum atomic E-state index is 0.243. The highest BCUT2D eigenvalue weighted by Gasteiger charge is 2.23. The van der Waals surface area contributed by atoms with Crippen molar-refractivity contribution in [1.29, 1.82) is 0 Å². The lowest BCUT2D eigenvalue weighted by molar-refractivity contribution is 0.263. The molecule has 0 saturated carbocycles. The molecule has 0 unspecified atom stereocenters. The van der Waals surface area contributed by atoms with Gasteiger partial charge in [0.05, 0.1) is 19.4 Å². The predicted octanol–water partition coefficient (Wildman–Crippen LogP) is 2.76. The second kappa shape index (κ2) is 7.53. The topological polar surface area (TPSA) is 82.2 Å². The Hall–Kier alpha value is -3.03. The van der Waals surface area contributed by atoms with Crippen molar-refractivity contribution in [3.05, 3.63) is 54.7 Å². The molecule has 0 bridgehead atoms. The molecule has 2 saturated heterocycles. The second-order valence-electron chi connectivity index (χ2n) is 6.75. The predicted molar refractivity (Wildman–Crippen MR) is 101 cm³/mol. The molecule has 5 rings (SSSR count). The molecular weight excluding hydrogens is 358 g/mol. The van der Waals surface area contributed by atoms with Crippen molar-refractivity contribution in [1.82, 2.24) is 15.2 Å². The van der Waals surface area contributed by atoms with Gasteiger partial charge in [0.1, 0.15) is 42.6 Å². The molecule has 2 fully saturated rings. The van der Waals surface area contributed by atoms with E-state index in [0.29, 0.717) is 24.7 Å². The van der Waals surface area contributed by atoms with E-state index in [-0.39, 0.29) is 12.2 Å². The standard InChI is InChI=1S/C21H19N3O4/c1-5-16(25-10-18-12-27-18)6-2-14(1)20-9-22-21(24-23-20)15-3-7-17(8-4-15)26-11-19-13-28-19/h1-9,18-19H,10-13H2/t18-,19+/m0/s1. The van der Waals surface area contributed by atoms with Crippen LogP contribution in [0.4, 0.5) is 0 Å². The summed E-state index contributed by atoms with van der Waals surface area (Å²) in [5.74, 6) is 2.19. The molecule has 0 amide bonds. The molecule has 28 heavy (non-hydrogen) atoms. The smallest absolute Gasteiger partial charge is 0.181 e. The summed E-state index contributed by atoms with van der Waals surface area (Å²) in [6.07, 6.45) is 2.22. The SMILES string of the molecule is c1cc(-c2ncc(-c3ccc(OC[C@H]4CO4)cc3)nn2)ccc1OC[C@@H]1CO1. The molecule has 7 heteroatoms. The van der Waals surface area contributed by atoms with E-state index in [9.17, 15) is 0 Å². The van der Waals surface area contributed by atoms with Crippen molar-refractivity contribution in [3.8, 4) is 34.1 Å². The van der Waals surface area contributed by atoms with E-state index in [4.69, 9.17) is 18.9 Å². The first kappa shape index (κ1) is 17.1. The summed E-state index contributed by atoms with van der Waals surface area (Å²) in [5, 5.41) is 8.57. The molecule has 0 spiro atoms. The van der Waals surface area contributed by atoms with Gasteiger partial charge in [0, 0.05) is 11.1 Å². The van der Waals surface area contributed by atoms with E-state index >= 15 is 0 Å². The van der Waals surface area contributed by atoms with Crippen LogP contribution in [0.5, 0.6) is 11.5 Å². The number of aromatic nitrogens is 3. The Labute approximate surface area is 162 Å². The first-order valence-corrected chi connectivity index (χ1v) is 9.23. The van der Waals surface area contributed by atoms with Crippen molar-refractivity contribution >= 4 is 0 Å². The first-order valence-electron chi connectivity index (χ1n) is 9.23. The molecule has 2 aliphatic rings. The zero-order chi connectivity index (χ0) is 18.8. The fourth-order valence-corrected chi connectivity index (χ4v) is 2.67. The molecule has 142 valence electrons. The van der Waals surface area contributed by atoms with Crippen LogP contribution in [-0.4, -0.2) is 53.8 Å². The van der Waals surface area contributed by atoms with Crippen LogP contribution in [-0.2, 0) is 9.47 Å². The molecule has 2 aromatic carbocycles. The van der Waals surface area contributed by atoms with Gasteiger partial charge >= 0.3 is 0 Å². The van der Waals surface area contributed by atoms with E-state index in [1.165, 1.54) is 0 Å². The van der Waals surface area contributed by atoms with Gasteiger partial charge in [-0.3, -0.25) is 0 Å². The third kappa shape index (κ3) is 4.27. The summed E-state index contributed by atoms with van der Waals surface area (Å²) in [5.41, 5.74) is 2.54. The van der Waals surface area contributed by atoms with E-state index in [0.717, 1.165) is 35.8 Å². The Morgan fingerprint density at radius 1 is 0.750 bits per heavy atom. The van der Waals surface area contributed by atoms with Crippen molar-refractivity contribution < 1.29 is 18.9 Å². The highest BCUT2D eigenvalue weighted by atomic mass is 16.6. The Morgan fingerprint density at radius 2 is 1.29 bits per heavy atom. The fraction of sp³-hybridized carbons (Fsp3) is 0.286. The van der Waals surface area contributed by atoms with Crippen LogP contribution in [0.3, 0.4) is 0 Å². The molecule has 2 atom stereocenters. The second-order valence-corrected chi connectivity index (χ2v) is 6.75. The van der Waals surface area contributed by atoms with Crippen LogP contribution in [0, 0.1) is 0 Å². The Morgan fingerprint density at radius 3 is 1.75 bits per heavy atom. The third-order valence-corrected chi connectivity index (χ3v) is 4.50. The Bertz CT molecular complexity index is 843. The first-order chi connectivity index (χ1) is 13.8. The number of hydrogen-bond acceptors (Lipinski definition) is 7. The molecule has 7 nitrogen and oxygen atoms in total. The van der Waals surface area contributed by atoms with Crippen LogP contribution in [0.15, 0.2) is 54.7 Å². The summed E-state index contributed by atoms with van der Waals surface area (Å²) < 4.78 is 21.6. The number of rotatable bonds is 8. The van der Waals surface area contributed by atoms with Crippen LogP contribution in [0.1, 0.15) is 0 Å². The van der Waals surface area contributed by atoms with Crippen LogP contribution in [0.2, 0.25) is 0 Å². The van der Waals surface area contributed by atoms with Gasteiger partial charge < -0.3 is 18.9 Å². The minimum absolute atomic E-state index is 0.243. The Balaban J connectivity index is 1.23. The van der Waals surface area contributed by atoms with Crippen LogP contribution >= 0.6 is 0 Å². The van der Waals surface area contributed by atoms with Gasteiger partial charge in [-0.1, -0.05) is 0 Å². The third-order valence-electron chi connectivity index (χ3n) is 4.50. The molecule has 3 heterocycles. The van der Waals surface area contributed by atoms with Crippen molar-refractivity contribution in [2.45, 2.75) is 12.2 Å². The molecule has 0 N–H and O–H groups in total. The van der Waals surface area contributed by atoms with E-state index in [1.807, 2.05) is 48.5 Å². The minimum Gasteiger partial charge on any atom is -0.491 e. The summed E-state index contributed by atoms with van der Waals surface area (Å²) in [4.78, 5) is 4.45. The average Bonchev–Trinajstić information content (AvgIpc) is 3.67. The molecular formula is C21H19N3O4. The van der Waals surface area contributed by atoms with Crippen molar-refractivity contribution in [3.63, 3.8) is 0 Å². The molecule has 3 aromatic rings. The fourth-order valence-electron chi connectivity index (χ4n) is 2.67. The quantitative estimate of drug-likeness (QED) is 0.558. The molecule has 0 aliphatic carbocycles. The maximum absolute atomic E-state index is 5.65. The number of benzene rings is 2. The lowest BCUT2D eigenvalue weighted by Gasteiger charge is -2.06. The molecule has 0 radical (unpaired) electrons. The monoisotopic (exact) mass is 377 g/mol. The normalized spacial score (nSPS) is 19.9. The van der Waals surface area contributed by atoms with Gasteiger partial charge in [-0.05, 0) is 48.5 Å². The maximum Gasteiger partial charge on any atom is 0.181 e. The van der Waals surface area contributed by atoms with Gasteiger partial charge in [-0.25, -0.2) is 4.98 Å². The number of ether oxygens (including phenoxy) is 4.